The fourth-order valence-electron chi connectivity index (χ4n) is 6.79. The van der Waals surface area contributed by atoms with Crippen LogP contribution in [0.3, 0.4) is 0 Å². The first-order valence-corrected chi connectivity index (χ1v) is 14.3. The van der Waals surface area contributed by atoms with Crippen molar-refractivity contribution in [2.24, 2.45) is 17.6 Å². The van der Waals surface area contributed by atoms with Crippen LogP contribution in [-0.2, 0) is 29.1 Å². The number of aliphatic hydroxyl groups is 3. The molecule has 226 valence electrons. The molecule has 3 aromatic rings. The number of phenols is 1. The average Bonchev–Trinajstić information content (AvgIpc) is 3.00. The number of phenolic OH excluding ortho intramolecular Hbond substituents is 1. The van der Waals surface area contributed by atoms with E-state index in [4.69, 9.17) is 10.5 Å². The van der Waals surface area contributed by atoms with Crippen LogP contribution < -0.4 is 15.8 Å². The van der Waals surface area contributed by atoms with Crippen LogP contribution in [0.1, 0.15) is 39.9 Å². The molecule has 1 amide bonds. The number of ether oxygens (including phenoxy) is 1. The molecular weight excluding hydrogens is 564 g/mol. The SMILES string of the molecule is COc1ccc(CNCc2ccc(-c3ccc(O)c4c3C[C@H]3C[C@H]5CC(O)=C(C(N)=O)C(=O)[C@@]5(O)C(O)=C3C4=O)cc2)cc1. The van der Waals surface area contributed by atoms with Gasteiger partial charge in [-0.05, 0) is 64.8 Å². The van der Waals surface area contributed by atoms with Crippen molar-refractivity contribution < 1.29 is 39.5 Å². The van der Waals surface area contributed by atoms with Crippen LogP contribution in [-0.4, -0.2) is 50.6 Å². The minimum absolute atomic E-state index is 0.00985. The van der Waals surface area contributed by atoms with Crippen molar-refractivity contribution in [2.75, 3.05) is 7.11 Å². The number of aliphatic hydroxyl groups excluding tert-OH is 2. The first-order valence-electron chi connectivity index (χ1n) is 14.3. The van der Waals surface area contributed by atoms with Crippen LogP contribution in [0.15, 0.2) is 83.3 Å². The molecule has 0 unspecified atom stereocenters. The number of carbonyl (C=O) groups excluding carboxylic acids is 3. The van der Waals surface area contributed by atoms with E-state index in [-0.39, 0.29) is 36.1 Å². The normalized spacial score (nSPS) is 22.8. The summed E-state index contributed by atoms with van der Waals surface area (Å²) in [5, 5.41) is 47.2. The van der Waals surface area contributed by atoms with E-state index in [1.165, 1.54) is 6.07 Å². The van der Waals surface area contributed by atoms with E-state index < -0.39 is 52.0 Å². The lowest BCUT2D eigenvalue weighted by atomic mass is 9.60. The van der Waals surface area contributed by atoms with Crippen LogP contribution in [0.25, 0.3) is 11.1 Å². The number of hydrogen-bond donors (Lipinski definition) is 6. The minimum Gasteiger partial charge on any atom is -0.511 e. The van der Waals surface area contributed by atoms with E-state index in [9.17, 15) is 34.8 Å². The largest absolute Gasteiger partial charge is 0.511 e. The van der Waals surface area contributed by atoms with Crippen molar-refractivity contribution in [3.05, 3.63) is 106 Å². The number of nitrogens with one attached hydrogen (secondary N) is 1. The predicted octanol–water partition coefficient (Wildman–Crippen LogP) is 3.55. The summed E-state index contributed by atoms with van der Waals surface area (Å²) in [6.45, 7) is 1.32. The number of fused-ring (bicyclic) bond motifs is 3. The number of benzene rings is 3. The molecule has 0 bridgehead atoms. The first kappa shape index (κ1) is 29.2. The summed E-state index contributed by atoms with van der Waals surface area (Å²) in [7, 11) is 1.63. The van der Waals surface area contributed by atoms with Gasteiger partial charge in [-0.1, -0.05) is 42.5 Å². The number of ketones is 2. The van der Waals surface area contributed by atoms with E-state index in [0.29, 0.717) is 18.7 Å². The van der Waals surface area contributed by atoms with Crippen molar-refractivity contribution in [1.29, 1.82) is 0 Å². The summed E-state index contributed by atoms with van der Waals surface area (Å²) >= 11 is 0. The fraction of sp³-hybridized carbons (Fsp3) is 0.265. The van der Waals surface area contributed by atoms with Crippen LogP contribution in [0.5, 0.6) is 11.5 Å². The van der Waals surface area contributed by atoms with Crippen molar-refractivity contribution in [1.82, 2.24) is 5.32 Å². The molecular formula is C34H32N2O8. The van der Waals surface area contributed by atoms with Crippen molar-refractivity contribution in [3.63, 3.8) is 0 Å². The topological polar surface area (TPSA) is 179 Å². The van der Waals surface area contributed by atoms with Crippen molar-refractivity contribution in [3.8, 4) is 22.6 Å². The Hall–Kier alpha value is -4.93. The van der Waals surface area contributed by atoms with Gasteiger partial charge < -0.3 is 36.2 Å². The molecule has 0 saturated carbocycles. The summed E-state index contributed by atoms with van der Waals surface area (Å²) in [5.74, 6) is -5.65. The summed E-state index contributed by atoms with van der Waals surface area (Å²) in [6, 6.07) is 18.8. The third-order valence-corrected chi connectivity index (χ3v) is 9.03. The summed E-state index contributed by atoms with van der Waals surface area (Å²) in [4.78, 5) is 38.8. The number of Topliss-reactive ketones (excluding diaryl/α,β-unsaturated/α-hetero) is 2. The van der Waals surface area contributed by atoms with E-state index in [1.54, 1.807) is 13.2 Å². The zero-order valence-electron chi connectivity index (χ0n) is 24.0. The standard InChI is InChI=1S/C34H32N2O8/c1-44-22-8-4-18(5-9-22)16-36-15-17-2-6-19(7-3-17)23-10-11-25(37)28-24(23)13-20-12-21-14-26(38)29(33(35)42)32(41)34(21,43)31(40)27(20)30(28)39/h2-11,20-21,36-38,40,43H,12-16H2,1H3,(H2,35,42)/t20-,21+,34+/m1/s1. The summed E-state index contributed by atoms with van der Waals surface area (Å²) < 4.78 is 5.20. The molecule has 3 atom stereocenters. The van der Waals surface area contributed by atoms with E-state index >= 15 is 0 Å². The molecule has 3 aliphatic carbocycles. The van der Waals surface area contributed by atoms with Gasteiger partial charge in [0.2, 0.25) is 5.78 Å². The van der Waals surface area contributed by atoms with Gasteiger partial charge >= 0.3 is 0 Å². The molecule has 0 aromatic heterocycles. The molecule has 10 heteroatoms. The third-order valence-electron chi connectivity index (χ3n) is 9.03. The predicted molar refractivity (Wildman–Crippen MR) is 160 cm³/mol. The molecule has 0 aliphatic heterocycles. The van der Waals surface area contributed by atoms with Gasteiger partial charge in [0.15, 0.2) is 11.4 Å². The molecule has 0 fully saturated rings. The van der Waals surface area contributed by atoms with E-state index in [1.807, 2.05) is 48.5 Å². The number of carbonyl (C=O) groups is 3. The zero-order valence-corrected chi connectivity index (χ0v) is 24.0. The molecule has 0 heterocycles. The Labute approximate surface area is 253 Å². The molecule has 3 aliphatic rings. The quantitative estimate of drug-likeness (QED) is 0.223. The second kappa shape index (κ2) is 11.0. The van der Waals surface area contributed by atoms with Gasteiger partial charge in [-0.25, -0.2) is 0 Å². The van der Waals surface area contributed by atoms with E-state index in [2.05, 4.69) is 5.32 Å². The Morgan fingerprint density at radius 3 is 2.20 bits per heavy atom. The van der Waals surface area contributed by atoms with Crippen molar-refractivity contribution >= 4 is 17.5 Å². The van der Waals surface area contributed by atoms with Crippen LogP contribution in [0.4, 0.5) is 0 Å². The second-order valence-corrected chi connectivity index (χ2v) is 11.5. The summed E-state index contributed by atoms with van der Waals surface area (Å²) in [6.07, 6.45) is 0.0520. The number of allylic oxidation sites excluding steroid dienone is 2. The first-order chi connectivity index (χ1) is 21.0. The summed E-state index contributed by atoms with van der Waals surface area (Å²) in [5.41, 5.74) is 6.04. The maximum absolute atomic E-state index is 13.8. The molecule has 0 spiro atoms. The molecule has 10 nitrogen and oxygen atoms in total. The Kier molecular flexibility index (Phi) is 7.27. The van der Waals surface area contributed by atoms with Crippen LogP contribution >= 0.6 is 0 Å². The lowest BCUT2D eigenvalue weighted by Crippen LogP contribution is -2.57. The number of primary amides is 1. The highest BCUT2D eigenvalue weighted by molar-refractivity contribution is 6.24. The highest BCUT2D eigenvalue weighted by Gasteiger charge is 2.59. The minimum atomic E-state index is -2.58. The number of aromatic hydroxyl groups is 1. The molecule has 0 radical (unpaired) electrons. The fourth-order valence-corrected chi connectivity index (χ4v) is 6.79. The lowest BCUT2D eigenvalue weighted by Gasteiger charge is -2.45. The maximum Gasteiger partial charge on any atom is 0.255 e. The Morgan fingerprint density at radius 2 is 1.59 bits per heavy atom. The highest BCUT2D eigenvalue weighted by Crippen LogP contribution is 2.52. The van der Waals surface area contributed by atoms with Gasteiger partial charge in [-0.15, -0.1) is 0 Å². The number of nitrogens with two attached hydrogens (primary N) is 1. The van der Waals surface area contributed by atoms with E-state index in [0.717, 1.165) is 28.0 Å². The van der Waals surface area contributed by atoms with Gasteiger partial charge in [0.05, 0.1) is 12.7 Å². The monoisotopic (exact) mass is 596 g/mol. The van der Waals surface area contributed by atoms with Crippen LogP contribution in [0, 0.1) is 11.8 Å². The Morgan fingerprint density at radius 1 is 0.955 bits per heavy atom. The molecule has 0 saturated heterocycles. The zero-order chi connectivity index (χ0) is 31.3. The number of amides is 1. The molecule has 3 aromatic carbocycles. The molecule has 6 rings (SSSR count). The van der Waals surface area contributed by atoms with Gasteiger partial charge in [-0.3, -0.25) is 14.4 Å². The molecule has 44 heavy (non-hydrogen) atoms. The smallest absolute Gasteiger partial charge is 0.255 e. The van der Waals surface area contributed by atoms with Gasteiger partial charge in [0.25, 0.3) is 5.91 Å². The van der Waals surface area contributed by atoms with Gasteiger partial charge in [0.1, 0.15) is 28.6 Å². The Bertz CT molecular complexity index is 1760. The highest BCUT2D eigenvalue weighted by atomic mass is 16.5. The van der Waals surface area contributed by atoms with Gasteiger partial charge in [0, 0.05) is 31.0 Å². The lowest BCUT2D eigenvalue weighted by molar-refractivity contribution is -0.144. The van der Waals surface area contributed by atoms with Crippen LogP contribution in [0.2, 0.25) is 0 Å². The third kappa shape index (κ3) is 4.63. The second-order valence-electron chi connectivity index (χ2n) is 11.5. The maximum atomic E-state index is 13.8. The number of methoxy groups -OCH3 is 1. The number of rotatable bonds is 7. The van der Waals surface area contributed by atoms with Crippen molar-refractivity contribution in [2.45, 2.75) is 38.0 Å². The average molecular weight is 597 g/mol. The Balaban J connectivity index is 1.28. The number of hydrogen-bond acceptors (Lipinski definition) is 9. The van der Waals surface area contributed by atoms with Gasteiger partial charge in [-0.2, -0.15) is 0 Å². The molecule has 7 N–H and O–H groups in total.